The van der Waals surface area contributed by atoms with E-state index in [0.29, 0.717) is 11.1 Å². The van der Waals surface area contributed by atoms with Crippen molar-refractivity contribution >= 4 is 18.0 Å². The lowest BCUT2D eigenvalue weighted by Crippen LogP contribution is -2.53. The van der Waals surface area contributed by atoms with E-state index in [9.17, 15) is 19.6 Å². The molecule has 3 rings (SSSR count). The number of carbonyl (C=O) groups excluding carboxylic acids is 3. The molecule has 8 nitrogen and oxygen atoms in total. The number of nitrogens with zero attached hydrogens (tertiary/aromatic N) is 1. The summed E-state index contributed by atoms with van der Waals surface area (Å²) in [7, 11) is 1.22. The third-order valence-corrected chi connectivity index (χ3v) is 5.47. The highest BCUT2D eigenvalue weighted by Crippen LogP contribution is 2.12. The Labute approximate surface area is 209 Å². The summed E-state index contributed by atoms with van der Waals surface area (Å²) in [6, 6.07) is 25.1. The topological polar surface area (TPSA) is 118 Å². The zero-order chi connectivity index (χ0) is 25.8. The van der Waals surface area contributed by atoms with Gasteiger partial charge in [0.15, 0.2) is 0 Å². The summed E-state index contributed by atoms with van der Waals surface area (Å²) in [6.45, 7) is 0.0437. The number of ether oxygens (including phenoxy) is 2. The standard InChI is InChI=1S/C28H27N3O5/c1-35-27(33)25(17-22-14-8-9-15-23(22)18-29)30-26(32)24(16-20-10-4-2-5-11-20)31-28(34)36-19-21-12-6-3-7-13-21/h2-15,24-25H,16-17,19H2,1H3,(H,30,32)(H,31,34)/t24-,25+/m1/s1. The van der Waals surface area contributed by atoms with Crippen molar-refractivity contribution in [2.75, 3.05) is 7.11 Å². The maximum atomic E-state index is 13.3. The SMILES string of the molecule is COC(=O)[C@H](Cc1ccccc1C#N)NC(=O)[C@@H](Cc1ccccc1)NC(=O)OCc1ccccc1. The molecule has 0 saturated carbocycles. The second-order valence-electron chi connectivity index (χ2n) is 8.01. The van der Waals surface area contributed by atoms with Crippen LogP contribution in [0.1, 0.15) is 22.3 Å². The van der Waals surface area contributed by atoms with Gasteiger partial charge in [-0.2, -0.15) is 5.26 Å². The van der Waals surface area contributed by atoms with Gasteiger partial charge in [-0.1, -0.05) is 78.9 Å². The van der Waals surface area contributed by atoms with Crippen LogP contribution in [0.15, 0.2) is 84.9 Å². The molecular formula is C28H27N3O5. The number of esters is 1. The van der Waals surface area contributed by atoms with Crippen molar-refractivity contribution < 1.29 is 23.9 Å². The monoisotopic (exact) mass is 485 g/mol. The van der Waals surface area contributed by atoms with Crippen molar-refractivity contribution in [1.29, 1.82) is 5.26 Å². The Morgan fingerprint density at radius 3 is 2.06 bits per heavy atom. The second-order valence-corrected chi connectivity index (χ2v) is 8.01. The van der Waals surface area contributed by atoms with E-state index >= 15 is 0 Å². The number of rotatable bonds is 10. The van der Waals surface area contributed by atoms with E-state index in [1.54, 1.807) is 24.3 Å². The van der Waals surface area contributed by atoms with Crippen LogP contribution in [0.2, 0.25) is 0 Å². The molecule has 184 valence electrons. The number of nitrogens with one attached hydrogen (secondary N) is 2. The second kappa shape index (κ2) is 13.3. The van der Waals surface area contributed by atoms with Gasteiger partial charge in [0.05, 0.1) is 18.7 Å². The van der Waals surface area contributed by atoms with Crippen molar-refractivity contribution in [2.45, 2.75) is 31.5 Å². The third kappa shape index (κ3) is 7.71. The number of nitriles is 1. The molecule has 0 fully saturated rings. The first-order valence-electron chi connectivity index (χ1n) is 11.4. The van der Waals surface area contributed by atoms with Crippen LogP contribution in [0.3, 0.4) is 0 Å². The Kier molecular flexibility index (Phi) is 9.60. The molecule has 0 aliphatic carbocycles. The summed E-state index contributed by atoms with van der Waals surface area (Å²) in [4.78, 5) is 38.3. The van der Waals surface area contributed by atoms with E-state index in [-0.39, 0.29) is 19.4 Å². The number of benzene rings is 3. The van der Waals surface area contributed by atoms with E-state index < -0.39 is 30.1 Å². The van der Waals surface area contributed by atoms with Crippen LogP contribution in [0.5, 0.6) is 0 Å². The summed E-state index contributed by atoms with van der Waals surface area (Å²) in [5.41, 5.74) is 2.60. The normalized spacial score (nSPS) is 11.9. The largest absolute Gasteiger partial charge is 0.467 e. The van der Waals surface area contributed by atoms with Crippen LogP contribution >= 0.6 is 0 Å². The first kappa shape index (κ1) is 26.0. The number of alkyl carbamates (subject to hydrolysis) is 1. The summed E-state index contributed by atoms with van der Waals surface area (Å²) in [6.07, 6.45) is -0.534. The molecule has 2 N–H and O–H groups in total. The molecular weight excluding hydrogens is 458 g/mol. The highest BCUT2D eigenvalue weighted by atomic mass is 16.5. The van der Waals surface area contributed by atoms with Gasteiger partial charge in [-0.3, -0.25) is 4.79 Å². The van der Waals surface area contributed by atoms with Crippen molar-refractivity contribution in [2.24, 2.45) is 0 Å². The van der Waals surface area contributed by atoms with E-state index in [0.717, 1.165) is 11.1 Å². The Morgan fingerprint density at radius 2 is 1.42 bits per heavy atom. The maximum Gasteiger partial charge on any atom is 0.408 e. The Morgan fingerprint density at radius 1 is 0.806 bits per heavy atom. The number of hydrogen-bond acceptors (Lipinski definition) is 6. The van der Waals surface area contributed by atoms with Crippen molar-refractivity contribution in [3.05, 3.63) is 107 Å². The van der Waals surface area contributed by atoms with Crippen LogP contribution in [0.4, 0.5) is 4.79 Å². The lowest BCUT2D eigenvalue weighted by Gasteiger charge is -2.22. The number of carbonyl (C=O) groups is 3. The molecule has 0 aliphatic rings. The predicted molar refractivity (Wildman–Crippen MR) is 133 cm³/mol. The van der Waals surface area contributed by atoms with Crippen molar-refractivity contribution in [3.8, 4) is 6.07 Å². The molecule has 0 heterocycles. The number of hydrogen-bond donors (Lipinski definition) is 2. The molecule has 3 aromatic carbocycles. The van der Waals surface area contributed by atoms with E-state index in [1.807, 2.05) is 60.7 Å². The zero-order valence-corrected chi connectivity index (χ0v) is 19.8. The summed E-state index contributed by atoms with van der Waals surface area (Å²) < 4.78 is 10.2. The number of methoxy groups -OCH3 is 1. The minimum atomic E-state index is -1.06. The van der Waals surface area contributed by atoms with E-state index in [2.05, 4.69) is 16.7 Å². The van der Waals surface area contributed by atoms with Gasteiger partial charge in [0.25, 0.3) is 0 Å². The molecule has 0 aliphatic heterocycles. The van der Waals surface area contributed by atoms with Crippen LogP contribution in [0, 0.1) is 11.3 Å². The van der Waals surface area contributed by atoms with Gasteiger partial charge < -0.3 is 20.1 Å². The molecule has 2 amide bonds. The average molecular weight is 486 g/mol. The minimum Gasteiger partial charge on any atom is -0.467 e. The highest BCUT2D eigenvalue weighted by Gasteiger charge is 2.28. The van der Waals surface area contributed by atoms with Gasteiger partial charge in [-0.25, -0.2) is 9.59 Å². The molecule has 0 aromatic heterocycles. The van der Waals surface area contributed by atoms with E-state index in [1.165, 1.54) is 7.11 Å². The van der Waals surface area contributed by atoms with Crippen molar-refractivity contribution in [3.63, 3.8) is 0 Å². The first-order chi connectivity index (χ1) is 17.5. The Balaban J connectivity index is 1.74. The van der Waals surface area contributed by atoms with Gasteiger partial charge in [0.1, 0.15) is 18.7 Å². The van der Waals surface area contributed by atoms with E-state index in [4.69, 9.17) is 9.47 Å². The van der Waals surface area contributed by atoms with Crippen LogP contribution in [-0.4, -0.2) is 37.2 Å². The maximum absolute atomic E-state index is 13.3. The molecule has 36 heavy (non-hydrogen) atoms. The van der Waals surface area contributed by atoms with Crippen molar-refractivity contribution in [1.82, 2.24) is 10.6 Å². The molecule has 0 bridgehead atoms. The summed E-state index contributed by atoms with van der Waals surface area (Å²) in [5, 5.41) is 14.7. The fraction of sp³-hybridized carbons (Fsp3) is 0.214. The summed E-state index contributed by atoms with van der Waals surface area (Å²) in [5.74, 6) is -1.25. The van der Waals surface area contributed by atoms with Crippen LogP contribution in [-0.2, 0) is 38.5 Å². The van der Waals surface area contributed by atoms with Crippen LogP contribution < -0.4 is 10.6 Å². The quantitative estimate of drug-likeness (QED) is 0.426. The molecule has 8 heteroatoms. The fourth-order valence-corrected chi connectivity index (χ4v) is 3.60. The van der Waals surface area contributed by atoms with Gasteiger partial charge in [0, 0.05) is 12.8 Å². The fourth-order valence-electron chi connectivity index (χ4n) is 3.60. The molecule has 0 radical (unpaired) electrons. The van der Waals surface area contributed by atoms with Gasteiger partial charge >= 0.3 is 12.1 Å². The first-order valence-corrected chi connectivity index (χ1v) is 11.4. The van der Waals surface area contributed by atoms with Gasteiger partial charge in [0.2, 0.25) is 5.91 Å². The molecule has 0 saturated heterocycles. The lowest BCUT2D eigenvalue weighted by atomic mass is 10.00. The minimum absolute atomic E-state index is 0.0437. The smallest absolute Gasteiger partial charge is 0.408 e. The van der Waals surface area contributed by atoms with Gasteiger partial charge in [-0.05, 0) is 22.8 Å². The number of amides is 2. The highest BCUT2D eigenvalue weighted by molar-refractivity contribution is 5.90. The lowest BCUT2D eigenvalue weighted by molar-refractivity contribution is -0.145. The third-order valence-electron chi connectivity index (χ3n) is 5.47. The molecule has 0 spiro atoms. The van der Waals surface area contributed by atoms with Crippen LogP contribution in [0.25, 0.3) is 0 Å². The average Bonchev–Trinajstić information content (AvgIpc) is 2.92. The van der Waals surface area contributed by atoms with Gasteiger partial charge in [-0.15, -0.1) is 0 Å². The zero-order valence-electron chi connectivity index (χ0n) is 19.8. The molecule has 3 aromatic rings. The summed E-state index contributed by atoms with van der Waals surface area (Å²) >= 11 is 0. The Hall–Kier alpha value is -4.64. The predicted octanol–water partition coefficient (Wildman–Crippen LogP) is 3.30. The Bertz CT molecular complexity index is 1210. The molecule has 0 unspecified atom stereocenters. The molecule has 2 atom stereocenters.